The fraction of sp³-hybridized carbons (Fsp3) is 0.857. The first kappa shape index (κ1) is 13.2. The maximum absolute atomic E-state index is 11.4. The van der Waals surface area contributed by atoms with Crippen LogP contribution in [0.4, 0.5) is 13.2 Å². The zero-order valence-corrected chi connectivity index (χ0v) is 7.43. The highest BCUT2D eigenvalue weighted by molar-refractivity contribution is 5.66. The highest BCUT2D eigenvalue weighted by atomic mass is 19.4. The van der Waals surface area contributed by atoms with E-state index in [1.54, 1.807) is 0 Å². The molecular formula is C7H12F3NO3. The number of ether oxygens (including phenoxy) is 1. The average Bonchev–Trinajstić information content (AvgIpc) is 2.00. The lowest BCUT2D eigenvalue weighted by molar-refractivity contribution is -0.323. The highest BCUT2D eigenvalue weighted by Gasteiger charge is 2.28. The molecule has 0 aromatic carbocycles. The standard InChI is InChI=1S/C7H12F3NO3/c8-7(9,10)14-5-4-11-3-1-2-6(12)13/h11H,1-5H2,(H,12,13). The Hall–Kier alpha value is -0.820. The van der Waals surface area contributed by atoms with Gasteiger partial charge in [-0.3, -0.25) is 9.53 Å². The predicted octanol–water partition coefficient (Wildman–Crippen LogP) is 0.977. The first-order valence-corrected chi connectivity index (χ1v) is 4.05. The third-order valence-electron chi connectivity index (χ3n) is 1.29. The van der Waals surface area contributed by atoms with Crippen molar-refractivity contribution in [1.82, 2.24) is 5.32 Å². The molecule has 0 bridgehead atoms. The van der Waals surface area contributed by atoms with Gasteiger partial charge in [0.25, 0.3) is 0 Å². The number of alkyl halides is 3. The highest BCUT2D eigenvalue weighted by Crippen LogP contribution is 2.14. The van der Waals surface area contributed by atoms with Crippen molar-refractivity contribution in [3.05, 3.63) is 0 Å². The monoisotopic (exact) mass is 215 g/mol. The number of halogens is 3. The molecule has 0 amide bonds. The topological polar surface area (TPSA) is 58.6 Å². The molecule has 14 heavy (non-hydrogen) atoms. The number of hydrogen-bond acceptors (Lipinski definition) is 3. The summed E-state index contributed by atoms with van der Waals surface area (Å²) >= 11 is 0. The predicted molar refractivity (Wildman–Crippen MR) is 41.7 cm³/mol. The first-order valence-electron chi connectivity index (χ1n) is 4.05. The van der Waals surface area contributed by atoms with Crippen LogP contribution in [0.5, 0.6) is 0 Å². The first-order chi connectivity index (χ1) is 6.42. The molecule has 4 nitrogen and oxygen atoms in total. The number of aliphatic carboxylic acids is 1. The van der Waals surface area contributed by atoms with Gasteiger partial charge in [-0.15, -0.1) is 13.2 Å². The Labute approximate surface area is 79.0 Å². The van der Waals surface area contributed by atoms with Crippen LogP contribution in [-0.4, -0.2) is 37.1 Å². The van der Waals surface area contributed by atoms with E-state index in [0.717, 1.165) is 0 Å². The lowest BCUT2D eigenvalue weighted by Gasteiger charge is -2.07. The third-order valence-corrected chi connectivity index (χ3v) is 1.29. The van der Waals surface area contributed by atoms with Crippen LogP contribution in [0.3, 0.4) is 0 Å². The van der Waals surface area contributed by atoms with E-state index in [2.05, 4.69) is 10.1 Å². The van der Waals surface area contributed by atoms with Gasteiger partial charge >= 0.3 is 12.3 Å². The number of carbonyl (C=O) groups is 1. The van der Waals surface area contributed by atoms with Crippen molar-refractivity contribution in [2.45, 2.75) is 19.2 Å². The second-order valence-corrected chi connectivity index (χ2v) is 2.54. The molecule has 0 aliphatic heterocycles. The van der Waals surface area contributed by atoms with Crippen LogP contribution in [0.1, 0.15) is 12.8 Å². The molecule has 0 unspecified atom stereocenters. The van der Waals surface area contributed by atoms with Gasteiger partial charge < -0.3 is 10.4 Å². The fourth-order valence-electron chi connectivity index (χ4n) is 0.729. The van der Waals surface area contributed by atoms with E-state index in [1.807, 2.05) is 0 Å². The molecule has 0 atom stereocenters. The van der Waals surface area contributed by atoms with Crippen LogP contribution in [0.25, 0.3) is 0 Å². The molecule has 0 aromatic rings. The van der Waals surface area contributed by atoms with Gasteiger partial charge in [0.05, 0.1) is 6.61 Å². The molecule has 0 rings (SSSR count). The molecule has 0 saturated carbocycles. The molecular weight excluding hydrogens is 203 g/mol. The molecule has 0 aromatic heterocycles. The lowest BCUT2D eigenvalue weighted by Crippen LogP contribution is -2.25. The van der Waals surface area contributed by atoms with E-state index in [-0.39, 0.29) is 13.0 Å². The van der Waals surface area contributed by atoms with E-state index in [9.17, 15) is 18.0 Å². The van der Waals surface area contributed by atoms with E-state index in [4.69, 9.17) is 5.11 Å². The minimum atomic E-state index is -4.59. The zero-order valence-electron chi connectivity index (χ0n) is 7.43. The fourth-order valence-corrected chi connectivity index (χ4v) is 0.729. The molecule has 0 fully saturated rings. The number of carboxylic acids is 1. The molecule has 0 radical (unpaired) electrons. The Morgan fingerprint density at radius 2 is 2.00 bits per heavy atom. The van der Waals surface area contributed by atoms with Crippen molar-refractivity contribution < 1.29 is 27.8 Å². The van der Waals surface area contributed by atoms with Crippen LogP contribution in [-0.2, 0) is 9.53 Å². The van der Waals surface area contributed by atoms with Crippen LogP contribution < -0.4 is 5.32 Å². The van der Waals surface area contributed by atoms with Gasteiger partial charge in [-0.05, 0) is 13.0 Å². The Kier molecular flexibility index (Phi) is 6.22. The Bertz CT molecular complexity index is 172. The van der Waals surface area contributed by atoms with Crippen molar-refractivity contribution in [2.24, 2.45) is 0 Å². The van der Waals surface area contributed by atoms with Crippen molar-refractivity contribution in [2.75, 3.05) is 19.7 Å². The summed E-state index contributed by atoms with van der Waals surface area (Å²) in [6.45, 7) is -0.0385. The van der Waals surface area contributed by atoms with Crippen LogP contribution in [0.2, 0.25) is 0 Å². The molecule has 0 aliphatic carbocycles. The quantitative estimate of drug-likeness (QED) is 0.621. The van der Waals surface area contributed by atoms with Crippen molar-refractivity contribution in [3.63, 3.8) is 0 Å². The van der Waals surface area contributed by atoms with Gasteiger partial charge in [0, 0.05) is 13.0 Å². The van der Waals surface area contributed by atoms with Crippen molar-refractivity contribution >= 4 is 5.97 Å². The van der Waals surface area contributed by atoms with Crippen LogP contribution in [0, 0.1) is 0 Å². The summed E-state index contributed by atoms with van der Waals surface area (Å²) in [5, 5.41) is 10.8. The van der Waals surface area contributed by atoms with Gasteiger partial charge in [0.15, 0.2) is 0 Å². The summed E-state index contributed by atoms with van der Waals surface area (Å²) in [6.07, 6.45) is -4.20. The lowest BCUT2D eigenvalue weighted by atomic mass is 10.3. The Morgan fingerprint density at radius 1 is 1.36 bits per heavy atom. The summed E-state index contributed by atoms with van der Waals surface area (Å²) in [7, 11) is 0. The maximum atomic E-state index is 11.4. The van der Waals surface area contributed by atoms with E-state index in [0.29, 0.717) is 13.0 Å². The molecule has 0 spiro atoms. The molecule has 2 N–H and O–H groups in total. The summed E-state index contributed by atoms with van der Waals surface area (Å²) in [5.74, 6) is -0.918. The largest absolute Gasteiger partial charge is 0.522 e. The van der Waals surface area contributed by atoms with Crippen LogP contribution >= 0.6 is 0 Å². The van der Waals surface area contributed by atoms with Gasteiger partial charge in [-0.1, -0.05) is 0 Å². The number of carboxylic acid groups (broad SMARTS) is 1. The zero-order chi connectivity index (χ0) is 11.0. The van der Waals surface area contributed by atoms with Gasteiger partial charge in [0.2, 0.25) is 0 Å². The molecule has 0 heterocycles. The minimum Gasteiger partial charge on any atom is -0.481 e. The summed E-state index contributed by atoms with van der Waals surface area (Å²) in [4.78, 5) is 10.0. The minimum absolute atomic E-state index is 0.00707. The van der Waals surface area contributed by atoms with Gasteiger partial charge in [-0.2, -0.15) is 0 Å². The Balaban J connectivity index is 3.11. The SMILES string of the molecule is O=C(O)CCCNCCOC(F)(F)F. The molecule has 0 aliphatic rings. The van der Waals surface area contributed by atoms with Crippen molar-refractivity contribution in [1.29, 1.82) is 0 Å². The van der Waals surface area contributed by atoms with Crippen LogP contribution in [0.15, 0.2) is 0 Å². The second-order valence-electron chi connectivity index (χ2n) is 2.54. The number of nitrogens with one attached hydrogen (secondary N) is 1. The van der Waals surface area contributed by atoms with Gasteiger partial charge in [-0.25, -0.2) is 0 Å². The van der Waals surface area contributed by atoms with E-state index >= 15 is 0 Å². The van der Waals surface area contributed by atoms with Crippen molar-refractivity contribution in [3.8, 4) is 0 Å². The summed E-state index contributed by atoms with van der Waals surface area (Å²) in [6, 6.07) is 0. The maximum Gasteiger partial charge on any atom is 0.522 e. The molecule has 7 heteroatoms. The number of rotatable bonds is 7. The Morgan fingerprint density at radius 3 is 2.50 bits per heavy atom. The third kappa shape index (κ3) is 11.2. The molecule has 84 valence electrons. The van der Waals surface area contributed by atoms with E-state index in [1.165, 1.54) is 0 Å². The van der Waals surface area contributed by atoms with Gasteiger partial charge in [0.1, 0.15) is 0 Å². The summed E-state index contributed by atoms with van der Waals surface area (Å²) in [5.41, 5.74) is 0. The average molecular weight is 215 g/mol. The number of hydrogen-bond donors (Lipinski definition) is 2. The summed E-state index contributed by atoms with van der Waals surface area (Å²) < 4.78 is 37.7. The molecule has 0 saturated heterocycles. The normalized spacial score (nSPS) is 11.6. The second kappa shape index (κ2) is 6.61. The van der Waals surface area contributed by atoms with E-state index < -0.39 is 18.9 Å². The smallest absolute Gasteiger partial charge is 0.481 e.